The lowest BCUT2D eigenvalue weighted by atomic mass is 10.1. The Balaban J connectivity index is 2.00. The van der Waals surface area contributed by atoms with Crippen LogP contribution in [0.4, 0.5) is 8.78 Å². The second-order valence-corrected chi connectivity index (χ2v) is 8.03. The molecule has 1 aliphatic rings. The number of esters is 1. The molecule has 1 fully saturated rings. The molecule has 11 heteroatoms. The monoisotopic (exact) mass is 484 g/mol. The number of methoxy groups -OCH3 is 1. The Labute approximate surface area is 193 Å². The molecule has 0 spiro atoms. The third-order valence-corrected chi connectivity index (χ3v) is 5.38. The summed E-state index contributed by atoms with van der Waals surface area (Å²) in [7, 11) is 1.20. The first kappa shape index (κ1) is 24.7. The van der Waals surface area contributed by atoms with E-state index in [-0.39, 0.29) is 41.8 Å². The normalized spacial score (nSPS) is 15.5. The number of hydrogen-bond donors (Lipinski definition) is 1. The zero-order valence-corrected chi connectivity index (χ0v) is 19.0. The number of halogens is 3. The Kier molecular flexibility index (Phi) is 7.70. The molecule has 0 bridgehead atoms. The molecule has 33 heavy (non-hydrogen) atoms. The SMILES string of the molecule is COc1c(C(=O)OC(C)C)n([C@@H]2CCOC2)cc(C(=O)NCc2ccc(F)c(Cl)c2F)c1=O. The summed E-state index contributed by atoms with van der Waals surface area (Å²) in [6.07, 6.45) is 1.32. The van der Waals surface area contributed by atoms with Crippen molar-refractivity contribution in [2.75, 3.05) is 20.3 Å². The quantitative estimate of drug-likeness (QED) is 0.479. The summed E-state index contributed by atoms with van der Waals surface area (Å²) in [4.78, 5) is 38.6. The van der Waals surface area contributed by atoms with Crippen LogP contribution in [0.5, 0.6) is 5.75 Å². The van der Waals surface area contributed by atoms with Crippen molar-refractivity contribution in [3.05, 3.63) is 62.0 Å². The molecule has 1 aliphatic heterocycles. The van der Waals surface area contributed by atoms with Crippen LogP contribution in [0.2, 0.25) is 5.02 Å². The number of rotatable bonds is 7. The van der Waals surface area contributed by atoms with Gasteiger partial charge in [-0.15, -0.1) is 0 Å². The minimum atomic E-state index is -1.01. The van der Waals surface area contributed by atoms with E-state index in [9.17, 15) is 23.2 Å². The van der Waals surface area contributed by atoms with Gasteiger partial charge in [-0.25, -0.2) is 13.6 Å². The van der Waals surface area contributed by atoms with Gasteiger partial charge in [0.1, 0.15) is 22.2 Å². The van der Waals surface area contributed by atoms with Crippen LogP contribution >= 0.6 is 11.6 Å². The summed E-state index contributed by atoms with van der Waals surface area (Å²) in [5.41, 5.74) is -1.35. The third-order valence-electron chi connectivity index (χ3n) is 5.03. The topological polar surface area (TPSA) is 95.9 Å². The molecule has 2 aromatic rings. The van der Waals surface area contributed by atoms with Gasteiger partial charge in [-0.3, -0.25) is 9.59 Å². The molecule has 0 aliphatic carbocycles. The fourth-order valence-corrected chi connectivity index (χ4v) is 3.62. The number of nitrogens with one attached hydrogen (secondary N) is 1. The number of nitrogens with zero attached hydrogens (tertiary/aromatic N) is 1. The highest BCUT2D eigenvalue weighted by molar-refractivity contribution is 6.30. The predicted octanol–water partition coefficient (Wildman–Crippen LogP) is 3.25. The van der Waals surface area contributed by atoms with Gasteiger partial charge in [-0.05, 0) is 26.3 Å². The maximum Gasteiger partial charge on any atom is 0.359 e. The zero-order chi connectivity index (χ0) is 24.3. The van der Waals surface area contributed by atoms with E-state index in [4.69, 9.17) is 25.8 Å². The van der Waals surface area contributed by atoms with Crippen molar-refractivity contribution in [1.29, 1.82) is 0 Å². The molecule has 3 rings (SSSR count). The van der Waals surface area contributed by atoms with Crippen LogP contribution in [-0.2, 0) is 16.0 Å². The highest BCUT2D eigenvalue weighted by Crippen LogP contribution is 2.26. The van der Waals surface area contributed by atoms with Gasteiger partial charge in [0.05, 0.1) is 25.9 Å². The second-order valence-electron chi connectivity index (χ2n) is 7.65. The van der Waals surface area contributed by atoms with Gasteiger partial charge in [0.2, 0.25) is 5.43 Å². The third kappa shape index (κ3) is 5.17. The summed E-state index contributed by atoms with van der Waals surface area (Å²) in [5, 5.41) is 1.72. The summed E-state index contributed by atoms with van der Waals surface area (Å²) in [6.45, 7) is 3.66. The van der Waals surface area contributed by atoms with Crippen LogP contribution in [0, 0.1) is 11.6 Å². The number of ether oxygens (including phenoxy) is 3. The number of amides is 1. The van der Waals surface area contributed by atoms with Crippen LogP contribution < -0.4 is 15.5 Å². The molecule has 0 radical (unpaired) electrons. The minimum absolute atomic E-state index is 0.0663. The first-order chi connectivity index (χ1) is 15.6. The van der Waals surface area contributed by atoms with Crippen LogP contribution in [0.25, 0.3) is 0 Å². The molecule has 1 atom stereocenters. The molecule has 1 aromatic heterocycles. The highest BCUT2D eigenvalue weighted by Gasteiger charge is 2.31. The van der Waals surface area contributed by atoms with Crippen molar-refractivity contribution < 1.29 is 32.6 Å². The Morgan fingerprint density at radius 1 is 1.33 bits per heavy atom. The Bertz CT molecular complexity index is 1130. The van der Waals surface area contributed by atoms with Crippen molar-refractivity contribution in [1.82, 2.24) is 9.88 Å². The van der Waals surface area contributed by atoms with E-state index in [0.29, 0.717) is 13.0 Å². The second kappa shape index (κ2) is 10.3. The summed E-state index contributed by atoms with van der Waals surface area (Å²) >= 11 is 5.57. The first-order valence-corrected chi connectivity index (χ1v) is 10.6. The lowest BCUT2D eigenvalue weighted by molar-refractivity contribution is 0.0355. The van der Waals surface area contributed by atoms with E-state index in [0.717, 1.165) is 12.1 Å². The van der Waals surface area contributed by atoms with E-state index < -0.39 is 40.1 Å². The number of hydrogen-bond acceptors (Lipinski definition) is 6. The van der Waals surface area contributed by atoms with Gasteiger partial charge >= 0.3 is 5.97 Å². The molecule has 8 nitrogen and oxygen atoms in total. The van der Waals surface area contributed by atoms with E-state index in [1.165, 1.54) is 17.9 Å². The van der Waals surface area contributed by atoms with Crippen molar-refractivity contribution in [2.24, 2.45) is 0 Å². The van der Waals surface area contributed by atoms with Gasteiger partial charge in [-0.1, -0.05) is 17.7 Å². The van der Waals surface area contributed by atoms with Gasteiger partial charge in [0.25, 0.3) is 5.91 Å². The summed E-state index contributed by atoms with van der Waals surface area (Å²) in [5.74, 6) is -3.91. The van der Waals surface area contributed by atoms with Gasteiger partial charge < -0.3 is 24.1 Å². The predicted molar refractivity (Wildman–Crippen MR) is 115 cm³/mol. The van der Waals surface area contributed by atoms with Crippen molar-refractivity contribution >= 4 is 23.5 Å². The minimum Gasteiger partial charge on any atom is -0.491 e. The smallest absolute Gasteiger partial charge is 0.359 e. The molecule has 178 valence electrons. The van der Waals surface area contributed by atoms with Crippen LogP contribution in [0.1, 0.15) is 52.7 Å². The fourth-order valence-electron chi connectivity index (χ4n) is 3.43. The van der Waals surface area contributed by atoms with E-state index >= 15 is 0 Å². The number of carbonyl (C=O) groups excluding carboxylic acids is 2. The number of aromatic nitrogens is 1. The van der Waals surface area contributed by atoms with Crippen molar-refractivity contribution in [3.63, 3.8) is 0 Å². The molecule has 0 saturated carbocycles. The number of pyridine rings is 1. The maximum atomic E-state index is 14.2. The van der Waals surface area contributed by atoms with E-state index in [1.54, 1.807) is 13.8 Å². The Hall–Kier alpha value is -2.98. The summed E-state index contributed by atoms with van der Waals surface area (Å²) < 4.78 is 44.8. The van der Waals surface area contributed by atoms with Crippen LogP contribution in [-0.4, -0.2) is 42.9 Å². The molecule has 1 amide bonds. The largest absolute Gasteiger partial charge is 0.491 e. The molecule has 0 unspecified atom stereocenters. The molecule has 2 heterocycles. The van der Waals surface area contributed by atoms with Crippen LogP contribution in [0.15, 0.2) is 23.1 Å². The molecule has 1 N–H and O–H groups in total. The fraction of sp³-hybridized carbons (Fsp3) is 0.409. The molecular formula is C22H23ClF2N2O6. The average molecular weight is 485 g/mol. The Morgan fingerprint density at radius 2 is 2.06 bits per heavy atom. The lowest BCUT2D eigenvalue weighted by Crippen LogP contribution is -2.33. The summed E-state index contributed by atoms with van der Waals surface area (Å²) in [6, 6.07) is 1.77. The standard InChI is InChI=1S/C22H23ClF2N2O6/c1-11(2)33-22(30)18-20(31-3)19(28)14(9-27(18)13-6-7-32-10-13)21(29)26-8-12-4-5-15(24)16(23)17(12)25/h4-5,9,11,13H,6-8,10H2,1-3H3,(H,26,29)/t13-/m1/s1. The van der Waals surface area contributed by atoms with Gasteiger partial charge in [0.15, 0.2) is 11.4 Å². The zero-order valence-electron chi connectivity index (χ0n) is 18.2. The Morgan fingerprint density at radius 3 is 2.67 bits per heavy atom. The lowest BCUT2D eigenvalue weighted by Gasteiger charge is -2.22. The molecular weight excluding hydrogens is 462 g/mol. The molecule has 1 aromatic carbocycles. The number of carbonyl (C=O) groups is 2. The van der Waals surface area contributed by atoms with E-state index in [2.05, 4.69) is 5.32 Å². The van der Waals surface area contributed by atoms with Gasteiger partial charge in [0, 0.05) is 24.9 Å². The maximum absolute atomic E-state index is 14.2. The molecule has 1 saturated heterocycles. The number of benzene rings is 1. The average Bonchev–Trinajstić information content (AvgIpc) is 3.30. The van der Waals surface area contributed by atoms with Crippen LogP contribution in [0.3, 0.4) is 0 Å². The van der Waals surface area contributed by atoms with Gasteiger partial charge in [-0.2, -0.15) is 0 Å². The first-order valence-electron chi connectivity index (χ1n) is 10.2. The van der Waals surface area contributed by atoms with Crippen molar-refractivity contribution in [2.45, 2.75) is 39.0 Å². The van der Waals surface area contributed by atoms with Crippen molar-refractivity contribution in [3.8, 4) is 5.75 Å². The van der Waals surface area contributed by atoms with E-state index in [1.807, 2.05) is 0 Å². The highest BCUT2D eigenvalue weighted by atomic mass is 35.5.